The summed E-state index contributed by atoms with van der Waals surface area (Å²) in [6.45, 7) is 6.06. The molecule has 0 heterocycles. The molecule has 5 heteroatoms. The van der Waals surface area contributed by atoms with Gasteiger partial charge in [0.1, 0.15) is 6.04 Å². The van der Waals surface area contributed by atoms with Crippen LogP contribution in [0, 0.1) is 5.41 Å². The summed E-state index contributed by atoms with van der Waals surface area (Å²) in [4.78, 5) is 23.9. The Bertz CT molecular complexity index is 766. The standard InChI is InChI=1S/C22H27NO3S/c1-22(2,3)14-19(27)20(24)23-18(21(25)26)13-15-9-11-17(12-10-15)16-7-5-4-6-8-16/h4-12,18-19,27H,13-14H2,1-3H3,(H,23,24)(H,25,26)/t18-,19+/m0/s1. The van der Waals surface area contributed by atoms with Crippen LogP contribution < -0.4 is 5.32 Å². The van der Waals surface area contributed by atoms with Crippen molar-refractivity contribution in [3.8, 4) is 11.1 Å². The first-order valence-electron chi connectivity index (χ1n) is 9.01. The SMILES string of the molecule is CC(C)(C)C[C@@H](S)C(=O)N[C@@H](Cc1ccc(-c2ccccc2)cc1)C(=O)O. The fraction of sp³-hybridized carbons (Fsp3) is 0.364. The minimum Gasteiger partial charge on any atom is -0.480 e. The van der Waals surface area contributed by atoms with E-state index in [2.05, 4.69) is 17.9 Å². The number of thiol groups is 1. The van der Waals surface area contributed by atoms with E-state index in [-0.39, 0.29) is 17.7 Å². The van der Waals surface area contributed by atoms with Crippen molar-refractivity contribution in [2.75, 3.05) is 0 Å². The summed E-state index contributed by atoms with van der Waals surface area (Å²) in [7, 11) is 0. The Balaban J connectivity index is 2.03. The second-order valence-electron chi connectivity index (χ2n) is 7.95. The zero-order valence-corrected chi connectivity index (χ0v) is 16.9. The number of nitrogens with one attached hydrogen (secondary N) is 1. The minimum absolute atomic E-state index is 0.0598. The second kappa shape index (κ2) is 9.09. The topological polar surface area (TPSA) is 66.4 Å². The van der Waals surface area contributed by atoms with E-state index >= 15 is 0 Å². The monoisotopic (exact) mass is 385 g/mol. The summed E-state index contributed by atoms with van der Waals surface area (Å²) in [5, 5.41) is 11.6. The zero-order chi connectivity index (χ0) is 20.0. The van der Waals surface area contributed by atoms with Crippen LogP contribution in [0.2, 0.25) is 0 Å². The average molecular weight is 386 g/mol. The minimum atomic E-state index is -1.05. The molecule has 0 aliphatic carbocycles. The van der Waals surface area contributed by atoms with E-state index < -0.39 is 17.3 Å². The van der Waals surface area contributed by atoms with Crippen LogP contribution in [0.3, 0.4) is 0 Å². The van der Waals surface area contributed by atoms with E-state index in [4.69, 9.17) is 0 Å². The Morgan fingerprint density at radius 2 is 1.56 bits per heavy atom. The molecule has 2 aromatic carbocycles. The van der Waals surface area contributed by atoms with Gasteiger partial charge in [0.15, 0.2) is 0 Å². The molecule has 144 valence electrons. The Labute approximate surface area is 166 Å². The van der Waals surface area contributed by atoms with E-state index in [1.807, 2.05) is 75.4 Å². The van der Waals surface area contributed by atoms with Gasteiger partial charge in [0.05, 0.1) is 5.25 Å². The van der Waals surface area contributed by atoms with Crippen LogP contribution in [0.1, 0.15) is 32.8 Å². The maximum absolute atomic E-state index is 12.3. The Hall–Kier alpha value is -2.27. The molecule has 27 heavy (non-hydrogen) atoms. The molecule has 0 bridgehead atoms. The number of hydrogen-bond donors (Lipinski definition) is 3. The predicted molar refractivity (Wildman–Crippen MR) is 112 cm³/mol. The van der Waals surface area contributed by atoms with Gasteiger partial charge in [-0.3, -0.25) is 4.79 Å². The van der Waals surface area contributed by atoms with Crippen molar-refractivity contribution in [1.82, 2.24) is 5.32 Å². The largest absolute Gasteiger partial charge is 0.480 e. The van der Waals surface area contributed by atoms with Gasteiger partial charge in [0, 0.05) is 6.42 Å². The molecular formula is C22H27NO3S. The number of benzene rings is 2. The molecule has 0 unspecified atom stereocenters. The smallest absolute Gasteiger partial charge is 0.326 e. The highest BCUT2D eigenvalue weighted by atomic mass is 32.1. The third-order valence-electron chi connectivity index (χ3n) is 4.22. The van der Waals surface area contributed by atoms with Crippen molar-refractivity contribution in [3.05, 3.63) is 60.2 Å². The Kier molecular flexibility index (Phi) is 7.08. The number of carbonyl (C=O) groups is 2. The molecule has 0 saturated heterocycles. The van der Waals surface area contributed by atoms with Crippen LogP contribution in [-0.4, -0.2) is 28.3 Å². The lowest BCUT2D eigenvalue weighted by atomic mass is 9.90. The molecule has 0 aliphatic heterocycles. The third-order valence-corrected chi connectivity index (χ3v) is 4.64. The number of aliphatic carboxylic acids is 1. The summed E-state index contributed by atoms with van der Waals surface area (Å²) < 4.78 is 0. The average Bonchev–Trinajstić information content (AvgIpc) is 2.61. The van der Waals surface area contributed by atoms with Gasteiger partial charge >= 0.3 is 5.97 Å². The fourth-order valence-electron chi connectivity index (χ4n) is 2.84. The van der Waals surface area contributed by atoms with E-state index in [1.54, 1.807) is 0 Å². The van der Waals surface area contributed by atoms with E-state index in [9.17, 15) is 14.7 Å². The summed E-state index contributed by atoms with van der Waals surface area (Å²) in [5.41, 5.74) is 2.97. The van der Waals surface area contributed by atoms with Crippen molar-refractivity contribution in [2.24, 2.45) is 5.41 Å². The van der Waals surface area contributed by atoms with Crippen LogP contribution >= 0.6 is 12.6 Å². The highest BCUT2D eigenvalue weighted by Gasteiger charge is 2.26. The molecule has 0 spiro atoms. The summed E-state index contributed by atoms with van der Waals surface area (Å²) in [5.74, 6) is -1.40. The van der Waals surface area contributed by atoms with Crippen molar-refractivity contribution < 1.29 is 14.7 Å². The molecular weight excluding hydrogens is 358 g/mol. The zero-order valence-electron chi connectivity index (χ0n) is 16.0. The molecule has 0 aromatic heterocycles. The van der Waals surface area contributed by atoms with Gasteiger partial charge in [0.25, 0.3) is 0 Å². The van der Waals surface area contributed by atoms with Gasteiger partial charge in [-0.15, -0.1) is 0 Å². The molecule has 0 fully saturated rings. The van der Waals surface area contributed by atoms with Gasteiger partial charge in [0.2, 0.25) is 5.91 Å². The maximum Gasteiger partial charge on any atom is 0.326 e. The van der Waals surface area contributed by atoms with E-state index in [0.717, 1.165) is 16.7 Å². The van der Waals surface area contributed by atoms with Crippen LogP contribution in [0.25, 0.3) is 11.1 Å². The summed E-state index contributed by atoms with van der Waals surface area (Å²) in [6, 6.07) is 16.7. The fourth-order valence-corrected chi connectivity index (χ4v) is 3.46. The summed E-state index contributed by atoms with van der Waals surface area (Å²) in [6.07, 6.45) is 0.798. The molecule has 4 nitrogen and oxygen atoms in total. The molecule has 1 amide bonds. The van der Waals surface area contributed by atoms with Crippen molar-refractivity contribution in [1.29, 1.82) is 0 Å². The van der Waals surface area contributed by atoms with Crippen molar-refractivity contribution >= 4 is 24.5 Å². The number of amides is 1. The molecule has 2 N–H and O–H groups in total. The van der Waals surface area contributed by atoms with E-state index in [1.165, 1.54) is 0 Å². The molecule has 0 saturated carbocycles. The van der Waals surface area contributed by atoms with Crippen LogP contribution in [-0.2, 0) is 16.0 Å². The van der Waals surface area contributed by atoms with Gasteiger partial charge in [-0.1, -0.05) is 75.4 Å². The predicted octanol–water partition coefficient (Wildman–Crippen LogP) is 4.20. The highest BCUT2D eigenvalue weighted by molar-refractivity contribution is 7.81. The number of carboxylic acids is 1. The summed E-state index contributed by atoms with van der Waals surface area (Å²) >= 11 is 4.34. The van der Waals surface area contributed by atoms with Crippen LogP contribution in [0.5, 0.6) is 0 Å². The second-order valence-corrected chi connectivity index (χ2v) is 8.57. The highest BCUT2D eigenvalue weighted by Crippen LogP contribution is 2.24. The first-order chi connectivity index (χ1) is 12.7. The lowest BCUT2D eigenvalue weighted by Gasteiger charge is -2.23. The number of rotatable bonds is 7. The molecule has 2 atom stereocenters. The molecule has 2 rings (SSSR count). The maximum atomic E-state index is 12.3. The normalized spacial score (nSPS) is 13.6. The number of carboxylic acid groups (broad SMARTS) is 1. The first kappa shape index (κ1) is 21.0. The molecule has 0 aliphatic rings. The number of hydrogen-bond acceptors (Lipinski definition) is 3. The Morgan fingerprint density at radius 3 is 2.07 bits per heavy atom. The van der Waals surface area contributed by atoms with Gasteiger partial charge in [-0.25, -0.2) is 4.79 Å². The van der Waals surface area contributed by atoms with Crippen LogP contribution in [0.4, 0.5) is 0 Å². The van der Waals surface area contributed by atoms with Crippen molar-refractivity contribution in [2.45, 2.75) is 44.9 Å². The number of carbonyl (C=O) groups excluding carboxylic acids is 1. The molecule has 0 radical (unpaired) electrons. The quantitative estimate of drug-likeness (QED) is 0.626. The van der Waals surface area contributed by atoms with E-state index in [0.29, 0.717) is 6.42 Å². The lowest BCUT2D eigenvalue weighted by molar-refractivity contribution is -0.141. The third kappa shape index (κ3) is 6.75. The Morgan fingerprint density at radius 1 is 1.00 bits per heavy atom. The first-order valence-corrected chi connectivity index (χ1v) is 9.53. The van der Waals surface area contributed by atoms with Crippen LogP contribution in [0.15, 0.2) is 54.6 Å². The molecule has 2 aromatic rings. The van der Waals surface area contributed by atoms with Gasteiger partial charge in [-0.05, 0) is 28.5 Å². The van der Waals surface area contributed by atoms with Crippen molar-refractivity contribution in [3.63, 3.8) is 0 Å². The lowest BCUT2D eigenvalue weighted by Crippen LogP contribution is -2.46. The van der Waals surface area contributed by atoms with Gasteiger partial charge < -0.3 is 10.4 Å². The van der Waals surface area contributed by atoms with Gasteiger partial charge in [-0.2, -0.15) is 12.6 Å².